The molecule has 2 aliphatic carbocycles. The number of nitrogens with zero attached hydrogens (tertiary/aromatic N) is 4. The Kier molecular flexibility index (Phi) is 4.22. The number of carbonyl (C=O) groups excluding carboxylic acids is 1. The van der Waals surface area contributed by atoms with Gasteiger partial charge in [-0.2, -0.15) is 5.10 Å². The molecule has 3 aromatic rings. The van der Waals surface area contributed by atoms with Crippen LogP contribution in [0.1, 0.15) is 50.3 Å². The predicted molar refractivity (Wildman–Crippen MR) is 110 cm³/mol. The molecule has 0 saturated heterocycles. The minimum absolute atomic E-state index is 0.134. The number of aromatic nitrogens is 4. The number of hydrogen-bond donors (Lipinski definition) is 1. The molecule has 0 aromatic carbocycles. The molecule has 3 aromatic heterocycles. The van der Waals surface area contributed by atoms with E-state index < -0.39 is 0 Å². The summed E-state index contributed by atoms with van der Waals surface area (Å²) in [5.74, 6) is -0.0901. The smallest absolute Gasteiger partial charge is 0.232 e. The summed E-state index contributed by atoms with van der Waals surface area (Å²) >= 11 is 12.3. The first-order valence-electron chi connectivity index (χ1n) is 9.49. The molecule has 5 rings (SSSR count). The number of amides is 1. The van der Waals surface area contributed by atoms with Crippen LogP contribution in [0.2, 0.25) is 10.2 Å². The summed E-state index contributed by atoms with van der Waals surface area (Å²) in [7, 11) is 0. The number of rotatable bonds is 4. The van der Waals surface area contributed by atoms with Crippen molar-refractivity contribution in [1.82, 2.24) is 19.6 Å². The van der Waals surface area contributed by atoms with Crippen molar-refractivity contribution in [2.75, 3.05) is 5.32 Å². The van der Waals surface area contributed by atoms with Crippen molar-refractivity contribution in [3.8, 4) is 5.88 Å². The number of fused-ring (bicyclic) bond motifs is 3. The highest BCUT2D eigenvalue weighted by Gasteiger charge is 2.43. The highest BCUT2D eigenvalue weighted by molar-refractivity contribution is 6.32. The van der Waals surface area contributed by atoms with E-state index >= 15 is 0 Å². The topological polar surface area (TPSA) is 81.4 Å². The van der Waals surface area contributed by atoms with Gasteiger partial charge >= 0.3 is 0 Å². The summed E-state index contributed by atoms with van der Waals surface area (Å²) < 4.78 is 7.39. The molecule has 1 atom stereocenters. The van der Waals surface area contributed by atoms with E-state index in [0.29, 0.717) is 33.8 Å². The molecule has 9 heteroatoms. The lowest BCUT2D eigenvalue weighted by atomic mass is 9.88. The number of hydrogen-bond acceptors (Lipinski definition) is 5. The van der Waals surface area contributed by atoms with Crippen LogP contribution in [0.5, 0.6) is 5.88 Å². The number of nitrogens with one attached hydrogen (secondary N) is 1. The van der Waals surface area contributed by atoms with Gasteiger partial charge < -0.3 is 10.1 Å². The van der Waals surface area contributed by atoms with Gasteiger partial charge in [0.25, 0.3) is 0 Å². The Hall–Kier alpha value is -2.38. The Morgan fingerprint density at radius 1 is 1.24 bits per heavy atom. The van der Waals surface area contributed by atoms with E-state index in [4.69, 9.17) is 27.9 Å². The molecule has 0 spiro atoms. The van der Waals surface area contributed by atoms with Crippen molar-refractivity contribution < 1.29 is 9.53 Å². The Morgan fingerprint density at radius 2 is 2.03 bits per heavy atom. The normalized spacial score (nSPS) is 19.9. The van der Waals surface area contributed by atoms with Crippen LogP contribution < -0.4 is 10.1 Å². The van der Waals surface area contributed by atoms with E-state index in [1.54, 1.807) is 29.0 Å². The van der Waals surface area contributed by atoms with Gasteiger partial charge in [0, 0.05) is 23.2 Å². The van der Waals surface area contributed by atoms with Gasteiger partial charge in [0.1, 0.15) is 11.1 Å². The predicted octanol–water partition coefficient (Wildman–Crippen LogP) is 4.38. The van der Waals surface area contributed by atoms with Crippen molar-refractivity contribution in [2.24, 2.45) is 0 Å². The molecule has 0 aliphatic heterocycles. The van der Waals surface area contributed by atoms with E-state index in [1.807, 2.05) is 0 Å². The summed E-state index contributed by atoms with van der Waals surface area (Å²) in [5.41, 5.74) is 2.76. The van der Waals surface area contributed by atoms with Gasteiger partial charge in [-0.15, -0.1) is 0 Å². The monoisotopic (exact) mass is 431 g/mol. The molecule has 1 amide bonds. The largest absolute Gasteiger partial charge is 0.473 e. The zero-order valence-corrected chi connectivity index (χ0v) is 17.5. The van der Waals surface area contributed by atoms with Crippen molar-refractivity contribution in [3.63, 3.8) is 0 Å². The lowest BCUT2D eigenvalue weighted by Crippen LogP contribution is -2.21. The first-order valence-corrected chi connectivity index (χ1v) is 10.2. The highest BCUT2D eigenvalue weighted by Crippen LogP contribution is 2.46. The Morgan fingerprint density at radius 3 is 2.76 bits per heavy atom. The fraction of sp³-hybridized carbons (Fsp3) is 0.400. The van der Waals surface area contributed by atoms with Crippen molar-refractivity contribution in [1.29, 1.82) is 0 Å². The van der Waals surface area contributed by atoms with E-state index in [1.165, 1.54) is 0 Å². The quantitative estimate of drug-likeness (QED) is 0.662. The van der Waals surface area contributed by atoms with E-state index in [9.17, 15) is 4.79 Å². The van der Waals surface area contributed by atoms with Crippen molar-refractivity contribution in [2.45, 2.75) is 50.5 Å². The van der Waals surface area contributed by atoms with Gasteiger partial charge in [-0.1, -0.05) is 37.0 Å². The molecular weight excluding hydrogens is 413 g/mol. The highest BCUT2D eigenvalue weighted by atomic mass is 35.5. The zero-order valence-electron chi connectivity index (χ0n) is 15.9. The number of pyridine rings is 1. The SMILES string of the molecule is CC1(C)CC(C(=O)Nc2cnc(OC3CC3)c(Cl)c2)c2cnc3cc(Cl)nn3c21. The van der Waals surface area contributed by atoms with E-state index in [2.05, 4.69) is 34.2 Å². The second kappa shape index (κ2) is 6.57. The molecule has 150 valence electrons. The second-order valence-corrected chi connectivity index (χ2v) is 9.05. The zero-order chi connectivity index (χ0) is 20.3. The van der Waals surface area contributed by atoms with Gasteiger partial charge in [-0.25, -0.2) is 14.5 Å². The molecule has 29 heavy (non-hydrogen) atoms. The Balaban J connectivity index is 1.42. The molecule has 1 unspecified atom stereocenters. The van der Waals surface area contributed by atoms with Crippen LogP contribution in [0.4, 0.5) is 5.69 Å². The summed E-state index contributed by atoms with van der Waals surface area (Å²) in [6, 6.07) is 3.38. The maximum Gasteiger partial charge on any atom is 0.232 e. The van der Waals surface area contributed by atoms with Crippen LogP contribution in [0.25, 0.3) is 5.65 Å². The average Bonchev–Trinajstić information content (AvgIpc) is 3.32. The van der Waals surface area contributed by atoms with Crippen LogP contribution in [0.15, 0.2) is 24.5 Å². The molecule has 3 heterocycles. The fourth-order valence-electron chi connectivity index (χ4n) is 3.96. The van der Waals surface area contributed by atoms with Crippen molar-refractivity contribution in [3.05, 3.63) is 46.0 Å². The molecule has 2 aliphatic rings. The molecule has 7 nitrogen and oxygen atoms in total. The third kappa shape index (κ3) is 3.32. The van der Waals surface area contributed by atoms with Crippen molar-refractivity contribution >= 4 is 40.4 Å². The van der Waals surface area contributed by atoms with Gasteiger partial charge in [-0.3, -0.25) is 4.79 Å². The first kappa shape index (κ1) is 18.6. The summed E-state index contributed by atoms with van der Waals surface area (Å²) in [5, 5.41) is 8.05. The third-order valence-electron chi connectivity index (χ3n) is 5.41. The summed E-state index contributed by atoms with van der Waals surface area (Å²) in [6.07, 6.45) is 6.21. The first-order chi connectivity index (χ1) is 13.8. The van der Waals surface area contributed by atoms with Crippen LogP contribution in [0.3, 0.4) is 0 Å². The molecule has 0 bridgehead atoms. The van der Waals surface area contributed by atoms with Gasteiger partial charge in [0.05, 0.1) is 23.5 Å². The minimum Gasteiger partial charge on any atom is -0.473 e. The molecule has 1 saturated carbocycles. The van der Waals surface area contributed by atoms with Crippen LogP contribution in [0, 0.1) is 0 Å². The van der Waals surface area contributed by atoms with Gasteiger partial charge in [0.15, 0.2) is 10.8 Å². The van der Waals surface area contributed by atoms with E-state index in [0.717, 1.165) is 24.1 Å². The van der Waals surface area contributed by atoms with Gasteiger partial charge in [-0.05, 0) is 25.3 Å². The lowest BCUT2D eigenvalue weighted by Gasteiger charge is -2.19. The molecule has 1 fully saturated rings. The number of carbonyl (C=O) groups is 1. The third-order valence-corrected chi connectivity index (χ3v) is 5.86. The Bertz CT molecular complexity index is 1140. The summed E-state index contributed by atoms with van der Waals surface area (Å²) in [6.45, 7) is 4.19. The van der Waals surface area contributed by atoms with Crippen LogP contribution in [-0.2, 0) is 10.2 Å². The lowest BCUT2D eigenvalue weighted by molar-refractivity contribution is -0.117. The second-order valence-electron chi connectivity index (χ2n) is 8.26. The molecule has 0 radical (unpaired) electrons. The summed E-state index contributed by atoms with van der Waals surface area (Å²) in [4.78, 5) is 21.8. The number of ether oxygens (including phenoxy) is 1. The standard InChI is InChI=1S/C20H19Cl2N5O2/c1-20(2)7-12(13-9-23-16-6-15(22)26-27(16)17(13)20)18(28)25-10-5-14(21)19(24-8-10)29-11-3-4-11/h5-6,8-9,11-12H,3-4,7H2,1-2H3,(H,25,28). The fourth-order valence-corrected chi connectivity index (χ4v) is 4.34. The molecular formula is C20H19Cl2N5O2. The maximum absolute atomic E-state index is 13.1. The number of halogens is 2. The van der Waals surface area contributed by atoms with Crippen LogP contribution in [-0.4, -0.2) is 31.6 Å². The van der Waals surface area contributed by atoms with E-state index in [-0.39, 0.29) is 23.3 Å². The van der Waals surface area contributed by atoms with Gasteiger partial charge in [0.2, 0.25) is 11.8 Å². The Labute approximate surface area is 177 Å². The van der Waals surface area contributed by atoms with Crippen LogP contribution >= 0.6 is 23.2 Å². The average molecular weight is 432 g/mol. The molecule has 1 N–H and O–H groups in total. The minimum atomic E-state index is -0.360. The maximum atomic E-state index is 13.1. The number of anilines is 1.